The number of benzene rings is 1. The summed E-state index contributed by atoms with van der Waals surface area (Å²) in [7, 11) is 0. The molecule has 86 valence electrons. The molecule has 2 nitrogen and oxygen atoms in total. The zero-order valence-electron chi connectivity index (χ0n) is 9.28. The van der Waals surface area contributed by atoms with Gasteiger partial charge in [0.2, 0.25) is 0 Å². The average Bonchev–Trinajstić information content (AvgIpc) is 2.68. The van der Waals surface area contributed by atoms with Gasteiger partial charge in [0.25, 0.3) is 0 Å². The van der Waals surface area contributed by atoms with Gasteiger partial charge in [0.15, 0.2) is 5.78 Å². The van der Waals surface area contributed by atoms with Crippen molar-refractivity contribution in [1.82, 2.24) is 0 Å². The summed E-state index contributed by atoms with van der Waals surface area (Å²) in [4.78, 5) is 12.0. The largest absolute Gasteiger partial charge is 0.367 e. The predicted molar refractivity (Wildman–Crippen MR) is 66.4 cm³/mol. The van der Waals surface area contributed by atoms with Crippen LogP contribution in [0.15, 0.2) is 28.7 Å². The molecule has 0 aliphatic carbocycles. The summed E-state index contributed by atoms with van der Waals surface area (Å²) in [5, 5.41) is 0. The van der Waals surface area contributed by atoms with Crippen LogP contribution in [0.1, 0.15) is 25.3 Å². The summed E-state index contributed by atoms with van der Waals surface area (Å²) in [5.41, 5.74) is 1.04. The van der Waals surface area contributed by atoms with Gasteiger partial charge < -0.3 is 4.74 Å². The number of hydrogen-bond acceptors (Lipinski definition) is 2. The summed E-state index contributed by atoms with van der Waals surface area (Å²) < 4.78 is 6.57. The summed E-state index contributed by atoms with van der Waals surface area (Å²) in [5.74, 6) is 0.191. The van der Waals surface area contributed by atoms with Crippen molar-refractivity contribution in [2.45, 2.75) is 38.4 Å². The van der Waals surface area contributed by atoms with Crippen LogP contribution in [0.4, 0.5) is 0 Å². The molecule has 0 N–H and O–H groups in total. The van der Waals surface area contributed by atoms with E-state index < -0.39 is 0 Å². The number of halogens is 1. The second-order valence-corrected chi connectivity index (χ2v) is 5.10. The van der Waals surface area contributed by atoms with E-state index in [1.807, 2.05) is 31.2 Å². The third kappa shape index (κ3) is 2.71. The zero-order chi connectivity index (χ0) is 11.5. The molecule has 1 heterocycles. The summed E-state index contributed by atoms with van der Waals surface area (Å²) >= 11 is 3.45. The van der Waals surface area contributed by atoms with E-state index in [0.29, 0.717) is 6.42 Å². The molecular formula is C13H15BrO2. The van der Waals surface area contributed by atoms with Crippen LogP contribution in [0.25, 0.3) is 0 Å². The lowest BCUT2D eigenvalue weighted by Gasteiger charge is -2.10. The van der Waals surface area contributed by atoms with E-state index in [0.717, 1.165) is 22.9 Å². The van der Waals surface area contributed by atoms with Crippen LogP contribution >= 0.6 is 15.9 Å². The van der Waals surface area contributed by atoms with Gasteiger partial charge in [0.05, 0.1) is 6.10 Å². The standard InChI is InChI=1S/C13H15BrO2/c1-9-6-7-13(16-9)12(15)8-10-4-2-3-5-11(10)14/h2-5,9,13H,6-8H2,1H3. The lowest BCUT2D eigenvalue weighted by Crippen LogP contribution is -2.22. The first-order chi connectivity index (χ1) is 7.66. The van der Waals surface area contributed by atoms with Gasteiger partial charge in [0, 0.05) is 10.9 Å². The van der Waals surface area contributed by atoms with Gasteiger partial charge in [-0.2, -0.15) is 0 Å². The fourth-order valence-corrected chi connectivity index (χ4v) is 2.41. The quantitative estimate of drug-likeness (QED) is 0.852. The van der Waals surface area contributed by atoms with Gasteiger partial charge in [0.1, 0.15) is 6.10 Å². The fraction of sp³-hybridized carbons (Fsp3) is 0.462. The maximum atomic E-state index is 12.0. The minimum absolute atomic E-state index is 0.191. The van der Waals surface area contributed by atoms with Crippen molar-refractivity contribution >= 4 is 21.7 Å². The predicted octanol–water partition coefficient (Wildman–Crippen LogP) is 3.13. The fourth-order valence-electron chi connectivity index (χ4n) is 1.98. The van der Waals surface area contributed by atoms with E-state index in [-0.39, 0.29) is 18.0 Å². The second kappa shape index (κ2) is 5.11. The van der Waals surface area contributed by atoms with Crippen LogP contribution in [-0.4, -0.2) is 18.0 Å². The van der Waals surface area contributed by atoms with Crippen molar-refractivity contribution in [3.63, 3.8) is 0 Å². The topological polar surface area (TPSA) is 26.3 Å². The Labute approximate surface area is 104 Å². The molecule has 0 radical (unpaired) electrons. The summed E-state index contributed by atoms with van der Waals surface area (Å²) in [6.07, 6.45) is 2.35. The van der Waals surface area contributed by atoms with Gasteiger partial charge in [-0.1, -0.05) is 34.1 Å². The molecule has 1 aromatic rings. The SMILES string of the molecule is CC1CCC(C(=O)Cc2ccccc2Br)O1. The van der Waals surface area contributed by atoms with Gasteiger partial charge in [-0.05, 0) is 31.4 Å². The van der Waals surface area contributed by atoms with Gasteiger partial charge >= 0.3 is 0 Å². The molecule has 0 bridgehead atoms. The number of carbonyl (C=O) groups excluding carboxylic acids is 1. The molecule has 0 spiro atoms. The molecule has 2 atom stereocenters. The molecule has 0 saturated carbocycles. The van der Waals surface area contributed by atoms with Gasteiger partial charge in [-0.3, -0.25) is 4.79 Å². The summed E-state index contributed by atoms with van der Waals surface area (Å²) in [6.45, 7) is 2.02. The molecule has 1 aromatic carbocycles. The van der Waals surface area contributed by atoms with Gasteiger partial charge in [-0.25, -0.2) is 0 Å². The summed E-state index contributed by atoms with van der Waals surface area (Å²) in [6, 6.07) is 7.83. The molecule has 3 heteroatoms. The van der Waals surface area contributed by atoms with E-state index >= 15 is 0 Å². The Balaban J connectivity index is 2.00. The third-order valence-corrected chi connectivity index (χ3v) is 3.69. The molecule has 1 saturated heterocycles. The molecule has 16 heavy (non-hydrogen) atoms. The maximum absolute atomic E-state index is 12.0. The van der Waals surface area contributed by atoms with E-state index in [1.54, 1.807) is 0 Å². The van der Waals surface area contributed by atoms with Crippen LogP contribution in [0.2, 0.25) is 0 Å². The first-order valence-corrected chi connectivity index (χ1v) is 6.37. The van der Waals surface area contributed by atoms with E-state index in [9.17, 15) is 4.79 Å². The number of ketones is 1. The monoisotopic (exact) mass is 282 g/mol. The highest BCUT2D eigenvalue weighted by Crippen LogP contribution is 2.23. The van der Waals surface area contributed by atoms with E-state index in [1.165, 1.54) is 0 Å². The Kier molecular flexibility index (Phi) is 3.77. The van der Waals surface area contributed by atoms with Crippen molar-refractivity contribution in [3.05, 3.63) is 34.3 Å². The minimum Gasteiger partial charge on any atom is -0.367 e. The Hall–Kier alpha value is -0.670. The van der Waals surface area contributed by atoms with Crippen LogP contribution in [0.3, 0.4) is 0 Å². The number of carbonyl (C=O) groups is 1. The lowest BCUT2D eigenvalue weighted by molar-refractivity contribution is -0.128. The van der Waals surface area contributed by atoms with Crippen molar-refractivity contribution in [3.8, 4) is 0 Å². The van der Waals surface area contributed by atoms with Crippen molar-refractivity contribution in [2.24, 2.45) is 0 Å². The van der Waals surface area contributed by atoms with Crippen molar-refractivity contribution in [2.75, 3.05) is 0 Å². The first-order valence-electron chi connectivity index (χ1n) is 5.58. The minimum atomic E-state index is -0.192. The van der Waals surface area contributed by atoms with Crippen LogP contribution < -0.4 is 0 Å². The molecule has 0 aromatic heterocycles. The number of ether oxygens (including phenoxy) is 1. The zero-order valence-corrected chi connectivity index (χ0v) is 10.9. The smallest absolute Gasteiger partial charge is 0.165 e. The number of hydrogen-bond donors (Lipinski definition) is 0. The molecule has 2 unspecified atom stereocenters. The Bertz CT molecular complexity index is 389. The van der Waals surface area contributed by atoms with Crippen LogP contribution in [0, 0.1) is 0 Å². The van der Waals surface area contributed by atoms with Gasteiger partial charge in [-0.15, -0.1) is 0 Å². The highest BCUT2D eigenvalue weighted by Gasteiger charge is 2.27. The molecular weight excluding hydrogens is 268 g/mol. The Morgan fingerprint density at radius 1 is 1.44 bits per heavy atom. The number of Topliss-reactive ketones (excluding diaryl/α,β-unsaturated/α-hetero) is 1. The highest BCUT2D eigenvalue weighted by atomic mass is 79.9. The Morgan fingerprint density at radius 2 is 2.19 bits per heavy atom. The second-order valence-electron chi connectivity index (χ2n) is 4.25. The molecule has 1 fully saturated rings. The maximum Gasteiger partial charge on any atom is 0.165 e. The molecule has 1 aliphatic heterocycles. The van der Waals surface area contributed by atoms with Crippen molar-refractivity contribution < 1.29 is 9.53 Å². The van der Waals surface area contributed by atoms with E-state index in [2.05, 4.69) is 15.9 Å². The van der Waals surface area contributed by atoms with Crippen molar-refractivity contribution in [1.29, 1.82) is 0 Å². The average molecular weight is 283 g/mol. The number of rotatable bonds is 3. The van der Waals surface area contributed by atoms with E-state index in [4.69, 9.17) is 4.74 Å². The first kappa shape index (κ1) is 11.8. The lowest BCUT2D eigenvalue weighted by atomic mass is 10.0. The Morgan fingerprint density at radius 3 is 2.81 bits per heavy atom. The van der Waals surface area contributed by atoms with Crippen LogP contribution in [0.5, 0.6) is 0 Å². The normalized spacial score (nSPS) is 24.6. The third-order valence-electron chi connectivity index (χ3n) is 2.91. The molecule has 1 aliphatic rings. The van der Waals surface area contributed by atoms with Crippen LogP contribution in [-0.2, 0) is 16.0 Å². The molecule has 2 rings (SSSR count). The molecule has 0 amide bonds. The highest BCUT2D eigenvalue weighted by molar-refractivity contribution is 9.10.